The Morgan fingerprint density at radius 1 is 1.29 bits per heavy atom. The average Bonchev–Trinajstić information content (AvgIpc) is 2.97. The summed E-state index contributed by atoms with van der Waals surface area (Å²) in [4.78, 5) is 18.8. The Balaban J connectivity index is 1.88. The van der Waals surface area contributed by atoms with Crippen LogP contribution in [0.25, 0.3) is 22.3 Å². The second-order valence-corrected chi connectivity index (χ2v) is 4.75. The van der Waals surface area contributed by atoms with E-state index < -0.39 is 0 Å². The molecule has 0 saturated heterocycles. The number of hydrogen-bond acceptors (Lipinski definition) is 2. The van der Waals surface area contributed by atoms with Crippen LogP contribution in [0.4, 0.5) is 0 Å². The standard InChI is InChI=1S/C17H15N3O/c1-2-16(21)19-11-12-5-3-6-13(9-12)15-10-14-7-4-8-18-17(14)20-15/h2-10H,1,11H2,(H,18,20)(H,19,21). The first kappa shape index (κ1) is 13.1. The summed E-state index contributed by atoms with van der Waals surface area (Å²) in [7, 11) is 0. The lowest BCUT2D eigenvalue weighted by Crippen LogP contribution is -2.19. The molecule has 2 N–H and O–H groups in total. The first-order chi connectivity index (χ1) is 10.3. The Kier molecular flexibility index (Phi) is 3.51. The molecule has 0 aliphatic rings. The molecule has 0 aliphatic heterocycles. The Labute approximate surface area is 122 Å². The van der Waals surface area contributed by atoms with Crippen LogP contribution >= 0.6 is 0 Å². The molecule has 104 valence electrons. The number of amides is 1. The van der Waals surface area contributed by atoms with Crippen LogP contribution in [-0.4, -0.2) is 15.9 Å². The highest BCUT2D eigenvalue weighted by molar-refractivity contribution is 5.86. The highest BCUT2D eigenvalue weighted by Crippen LogP contribution is 2.23. The summed E-state index contributed by atoms with van der Waals surface area (Å²) in [6.45, 7) is 3.92. The maximum absolute atomic E-state index is 11.2. The van der Waals surface area contributed by atoms with E-state index in [2.05, 4.69) is 27.9 Å². The van der Waals surface area contributed by atoms with Gasteiger partial charge < -0.3 is 10.3 Å². The van der Waals surface area contributed by atoms with Crippen LogP contribution in [0.5, 0.6) is 0 Å². The largest absolute Gasteiger partial charge is 0.348 e. The van der Waals surface area contributed by atoms with E-state index in [1.807, 2.05) is 36.4 Å². The van der Waals surface area contributed by atoms with Crippen molar-refractivity contribution < 1.29 is 4.79 Å². The fourth-order valence-electron chi connectivity index (χ4n) is 2.22. The van der Waals surface area contributed by atoms with Crippen LogP contribution in [0.1, 0.15) is 5.56 Å². The number of rotatable bonds is 4. The molecule has 0 fully saturated rings. The third-order valence-corrected chi connectivity index (χ3v) is 3.28. The molecule has 21 heavy (non-hydrogen) atoms. The first-order valence-corrected chi connectivity index (χ1v) is 6.69. The van der Waals surface area contributed by atoms with Gasteiger partial charge in [-0.05, 0) is 41.5 Å². The molecule has 3 rings (SSSR count). The minimum Gasteiger partial charge on any atom is -0.348 e. The summed E-state index contributed by atoms with van der Waals surface area (Å²) in [5.74, 6) is -0.171. The van der Waals surface area contributed by atoms with Gasteiger partial charge in [-0.2, -0.15) is 0 Å². The van der Waals surface area contributed by atoms with Gasteiger partial charge in [-0.3, -0.25) is 4.79 Å². The predicted octanol–water partition coefficient (Wildman–Crippen LogP) is 3.03. The average molecular weight is 277 g/mol. The van der Waals surface area contributed by atoms with Gasteiger partial charge in [0.05, 0.1) is 0 Å². The van der Waals surface area contributed by atoms with Gasteiger partial charge in [0.25, 0.3) is 0 Å². The number of carbonyl (C=O) groups excluding carboxylic acids is 1. The van der Waals surface area contributed by atoms with Gasteiger partial charge in [0, 0.05) is 23.8 Å². The summed E-state index contributed by atoms with van der Waals surface area (Å²) < 4.78 is 0. The molecule has 0 aliphatic carbocycles. The second-order valence-electron chi connectivity index (χ2n) is 4.75. The lowest BCUT2D eigenvalue weighted by Gasteiger charge is -2.05. The van der Waals surface area contributed by atoms with Crippen LogP contribution < -0.4 is 5.32 Å². The van der Waals surface area contributed by atoms with E-state index in [-0.39, 0.29) is 5.91 Å². The molecule has 4 nitrogen and oxygen atoms in total. The fraction of sp³-hybridized carbons (Fsp3) is 0.0588. The van der Waals surface area contributed by atoms with Crippen molar-refractivity contribution in [3.63, 3.8) is 0 Å². The monoisotopic (exact) mass is 277 g/mol. The SMILES string of the molecule is C=CC(=O)NCc1cccc(-c2cc3cccnc3[nH]2)c1. The van der Waals surface area contributed by atoms with Gasteiger partial charge in [0.2, 0.25) is 5.91 Å². The van der Waals surface area contributed by atoms with Crippen LogP contribution in [0.15, 0.2) is 61.3 Å². The molecule has 3 aromatic rings. The van der Waals surface area contributed by atoms with Crippen molar-refractivity contribution in [2.45, 2.75) is 6.54 Å². The number of fused-ring (bicyclic) bond motifs is 1. The summed E-state index contributed by atoms with van der Waals surface area (Å²) in [6, 6.07) is 14.1. The van der Waals surface area contributed by atoms with Crippen LogP contribution in [0, 0.1) is 0 Å². The van der Waals surface area contributed by atoms with Gasteiger partial charge in [-0.15, -0.1) is 0 Å². The Morgan fingerprint density at radius 2 is 2.19 bits per heavy atom. The van der Waals surface area contributed by atoms with E-state index in [0.29, 0.717) is 6.54 Å². The third kappa shape index (κ3) is 2.84. The molecule has 1 aromatic carbocycles. The van der Waals surface area contributed by atoms with Gasteiger partial charge in [0.1, 0.15) is 5.65 Å². The zero-order chi connectivity index (χ0) is 14.7. The number of benzene rings is 1. The summed E-state index contributed by atoms with van der Waals surface area (Å²) >= 11 is 0. The van der Waals surface area contributed by atoms with E-state index in [4.69, 9.17) is 0 Å². The topological polar surface area (TPSA) is 57.8 Å². The van der Waals surface area contributed by atoms with Crippen LogP contribution in [-0.2, 0) is 11.3 Å². The summed E-state index contributed by atoms with van der Waals surface area (Å²) in [5, 5.41) is 3.86. The van der Waals surface area contributed by atoms with E-state index >= 15 is 0 Å². The van der Waals surface area contributed by atoms with Gasteiger partial charge >= 0.3 is 0 Å². The van der Waals surface area contributed by atoms with E-state index in [1.54, 1.807) is 6.20 Å². The predicted molar refractivity (Wildman–Crippen MR) is 83.6 cm³/mol. The Bertz CT molecular complexity index is 771. The summed E-state index contributed by atoms with van der Waals surface area (Å²) in [6.07, 6.45) is 3.04. The molecule has 0 bridgehead atoms. The quantitative estimate of drug-likeness (QED) is 0.720. The van der Waals surface area contributed by atoms with E-state index in [1.165, 1.54) is 6.08 Å². The number of aromatic nitrogens is 2. The number of nitrogens with one attached hydrogen (secondary N) is 2. The van der Waals surface area contributed by atoms with Crippen molar-refractivity contribution in [1.82, 2.24) is 15.3 Å². The lowest BCUT2D eigenvalue weighted by atomic mass is 10.1. The maximum Gasteiger partial charge on any atom is 0.243 e. The van der Waals surface area contributed by atoms with Gasteiger partial charge in [-0.1, -0.05) is 24.8 Å². The molecule has 0 saturated carbocycles. The third-order valence-electron chi connectivity index (χ3n) is 3.28. The highest BCUT2D eigenvalue weighted by Gasteiger charge is 2.05. The summed E-state index contributed by atoms with van der Waals surface area (Å²) in [5.41, 5.74) is 3.99. The number of pyridine rings is 1. The fourth-order valence-corrected chi connectivity index (χ4v) is 2.22. The number of nitrogens with zero attached hydrogens (tertiary/aromatic N) is 1. The maximum atomic E-state index is 11.2. The number of hydrogen-bond donors (Lipinski definition) is 2. The van der Waals surface area contributed by atoms with Crippen molar-refractivity contribution in [2.75, 3.05) is 0 Å². The van der Waals surface area contributed by atoms with Crippen LogP contribution in [0.3, 0.4) is 0 Å². The Morgan fingerprint density at radius 3 is 3.00 bits per heavy atom. The van der Waals surface area contributed by atoms with Gasteiger partial charge in [-0.25, -0.2) is 4.98 Å². The molecule has 1 amide bonds. The zero-order valence-electron chi connectivity index (χ0n) is 11.5. The van der Waals surface area contributed by atoms with Crippen molar-refractivity contribution >= 4 is 16.9 Å². The van der Waals surface area contributed by atoms with Crippen molar-refractivity contribution in [3.05, 3.63) is 66.9 Å². The van der Waals surface area contributed by atoms with Crippen molar-refractivity contribution in [3.8, 4) is 11.3 Å². The van der Waals surface area contributed by atoms with Crippen molar-refractivity contribution in [2.24, 2.45) is 0 Å². The molecule has 0 unspecified atom stereocenters. The van der Waals surface area contributed by atoms with Gasteiger partial charge in [0.15, 0.2) is 0 Å². The minimum atomic E-state index is -0.171. The molecule has 2 heterocycles. The normalized spacial score (nSPS) is 10.5. The number of aromatic amines is 1. The van der Waals surface area contributed by atoms with Crippen LogP contribution in [0.2, 0.25) is 0 Å². The molecule has 4 heteroatoms. The van der Waals surface area contributed by atoms with Crippen molar-refractivity contribution in [1.29, 1.82) is 0 Å². The molecule has 2 aromatic heterocycles. The number of H-pyrrole nitrogens is 1. The van der Waals surface area contributed by atoms with E-state index in [0.717, 1.165) is 27.9 Å². The zero-order valence-corrected chi connectivity index (χ0v) is 11.5. The smallest absolute Gasteiger partial charge is 0.243 e. The molecular formula is C17H15N3O. The second kappa shape index (κ2) is 5.63. The molecule has 0 atom stereocenters. The molecular weight excluding hydrogens is 262 g/mol. The Hall–Kier alpha value is -2.88. The van der Waals surface area contributed by atoms with E-state index in [9.17, 15) is 4.79 Å². The number of carbonyl (C=O) groups is 1. The highest BCUT2D eigenvalue weighted by atomic mass is 16.1. The minimum absolute atomic E-state index is 0.171. The lowest BCUT2D eigenvalue weighted by molar-refractivity contribution is -0.116. The first-order valence-electron chi connectivity index (χ1n) is 6.69. The molecule has 0 spiro atoms. The molecule has 0 radical (unpaired) electrons.